The molecule has 0 aromatic heterocycles. The van der Waals surface area contributed by atoms with Crippen LogP contribution in [0.5, 0.6) is 5.75 Å². The number of nitrogens with one attached hydrogen (secondary N) is 2. The van der Waals surface area contributed by atoms with Gasteiger partial charge >= 0.3 is 5.97 Å². The molecule has 0 saturated heterocycles. The lowest BCUT2D eigenvalue weighted by Gasteiger charge is -2.17. The van der Waals surface area contributed by atoms with Gasteiger partial charge in [0.15, 0.2) is 9.84 Å². The van der Waals surface area contributed by atoms with Gasteiger partial charge in [-0.2, -0.15) is 0 Å². The Morgan fingerprint density at radius 3 is 2.11 bits per heavy atom. The van der Waals surface area contributed by atoms with E-state index in [1.54, 1.807) is 25.1 Å². The van der Waals surface area contributed by atoms with Gasteiger partial charge < -0.3 is 20.5 Å². The van der Waals surface area contributed by atoms with Crippen LogP contribution in [0.25, 0.3) is 0 Å². The fourth-order valence-corrected chi connectivity index (χ4v) is 7.00. The van der Waals surface area contributed by atoms with Crippen LogP contribution in [0.4, 0.5) is 11.4 Å². The quantitative estimate of drug-likeness (QED) is 0.0549. The van der Waals surface area contributed by atoms with E-state index in [1.807, 2.05) is 0 Å². The Morgan fingerprint density at radius 1 is 0.851 bits per heavy atom. The summed E-state index contributed by atoms with van der Waals surface area (Å²) in [6, 6.07) is 9.97. The van der Waals surface area contributed by atoms with Crippen molar-refractivity contribution in [2.45, 2.75) is 103 Å². The van der Waals surface area contributed by atoms with Crippen molar-refractivity contribution < 1.29 is 32.6 Å². The second kappa shape index (κ2) is 20.1. The first-order chi connectivity index (χ1) is 22.2. The summed E-state index contributed by atoms with van der Waals surface area (Å²) in [4.78, 5) is 37.9. The van der Waals surface area contributed by atoms with E-state index in [2.05, 4.69) is 38.3 Å². The number of hydrogen-bond donors (Lipinski definition) is 3. The molecule has 11 heteroatoms. The number of benzene rings is 2. The monoisotopic (exact) mass is 690 g/mol. The molecule has 0 fully saturated rings. The summed E-state index contributed by atoms with van der Waals surface area (Å²) >= 11 is 6.31. The molecule has 9 nitrogen and oxygen atoms in total. The predicted octanol–water partition coefficient (Wildman–Crippen LogP) is 8.32. The van der Waals surface area contributed by atoms with E-state index in [9.17, 15) is 27.9 Å². The lowest BCUT2D eigenvalue weighted by molar-refractivity contribution is -0.139. The minimum absolute atomic E-state index is 0.00675. The summed E-state index contributed by atoms with van der Waals surface area (Å²) in [6.07, 6.45) is 10.9. The van der Waals surface area contributed by atoms with E-state index in [0.29, 0.717) is 18.4 Å². The van der Waals surface area contributed by atoms with Gasteiger partial charge in [0.25, 0.3) is 0 Å². The molecule has 0 aliphatic rings. The van der Waals surface area contributed by atoms with Crippen LogP contribution in [0, 0.1) is 17.8 Å². The predicted molar refractivity (Wildman–Crippen MR) is 188 cm³/mol. The zero-order chi connectivity index (χ0) is 35.0. The zero-order valence-electron chi connectivity index (χ0n) is 28.3. The topological polar surface area (TPSA) is 139 Å². The van der Waals surface area contributed by atoms with E-state index >= 15 is 0 Å². The molecule has 0 aliphatic carbocycles. The number of amides is 2. The van der Waals surface area contributed by atoms with Crippen molar-refractivity contribution >= 4 is 50.6 Å². The Labute approximate surface area is 285 Å². The van der Waals surface area contributed by atoms with Gasteiger partial charge in [0.2, 0.25) is 11.8 Å². The molecule has 2 aromatic rings. The third-order valence-corrected chi connectivity index (χ3v) is 10.4. The summed E-state index contributed by atoms with van der Waals surface area (Å²) in [5.74, 6) is -0.999. The molecule has 2 atom stereocenters. The number of anilines is 2. The molecule has 2 amide bonds. The normalized spacial score (nSPS) is 13.1. The average molecular weight is 691 g/mol. The maximum Gasteiger partial charge on any atom is 0.330 e. The number of hydrogen-bond acceptors (Lipinski definition) is 7. The van der Waals surface area contributed by atoms with E-state index < -0.39 is 38.6 Å². The smallest absolute Gasteiger partial charge is 0.330 e. The van der Waals surface area contributed by atoms with Crippen molar-refractivity contribution in [3.05, 3.63) is 59.6 Å². The number of aromatic hydroxyl groups is 1. The first kappa shape index (κ1) is 39.8. The summed E-state index contributed by atoms with van der Waals surface area (Å²) in [6.45, 7) is 10.7. The molecule has 2 aromatic carbocycles. The maximum atomic E-state index is 13.0. The lowest BCUT2D eigenvalue weighted by atomic mass is 9.93. The highest BCUT2D eigenvalue weighted by Gasteiger charge is 2.33. The standard InChI is InChI=1S/C36H51ClN2O7S/c1-6-33(47(44,45)28-18-11-8-12-19-28)36(43)39-30-23-32(40)31(22-29(30)37)38-34(41)20-21-35(42)46-24-27(17-13-15-26(4)5)16-10-7-9-14-25(2)3/h8,11-12,18-23,25-27,33,40H,6-7,9-10,13-17,24H2,1-5H3,(H,38,41)(H,39,43). The van der Waals surface area contributed by atoms with Gasteiger partial charge in [-0.3, -0.25) is 9.59 Å². The second-order valence-electron chi connectivity index (χ2n) is 12.8. The van der Waals surface area contributed by atoms with Gasteiger partial charge in [-0.25, -0.2) is 13.2 Å². The number of unbranched alkanes of at least 4 members (excludes halogenated alkanes) is 2. The third kappa shape index (κ3) is 14.1. The number of carbonyl (C=O) groups is 3. The van der Waals surface area contributed by atoms with Crippen molar-refractivity contribution in [2.24, 2.45) is 17.8 Å². The molecular weight excluding hydrogens is 640 g/mol. The van der Waals surface area contributed by atoms with Crippen LogP contribution in [0.3, 0.4) is 0 Å². The third-order valence-electron chi connectivity index (χ3n) is 7.83. The van der Waals surface area contributed by atoms with Crippen LogP contribution in [0.2, 0.25) is 5.02 Å². The van der Waals surface area contributed by atoms with Crippen molar-refractivity contribution in [3.8, 4) is 5.75 Å². The first-order valence-electron chi connectivity index (χ1n) is 16.5. The Balaban J connectivity index is 1.96. The van der Waals surface area contributed by atoms with E-state index in [-0.39, 0.29) is 33.6 Å². The van der Waals surface area contributed by atoms with Crippen molar-refractivity contribution in [1.29, 1.82) is 0 Å². The van der Waals surface area contributed by atoms with Crippen LogP contribution < -0.4 is 10.6 Å². The van der Waals surface area contributed by atoms with Crippen LogP contribution in [0.1, 0.15) is 92.4 Å². The highest BCUT2D eigenvalue weighted by molar-refractivity contribution is 7.92. The Kier molecular flexibility index (Phi) is 17.0. The summed E-state index contributed by atoms with van der Waals surface area (Å²) in [7, 11) is -3.98. The van der Waals surface area contributed by atoms with Crippen LogP contribution in [-0.4, -0.2) is 43.2 Å². The average Bonchev–Trinajstić information content (AvgIpc) is 3.01. The number of phenols is 1. The van der Waals surface area contributed by atoms with E-state index in [4.69, 9.17) is 16.3 Å². The number of carbonyl (C=O) groups excluding carboxylic acids is 3. The van der Waals surface area contributed by atoms with Gasteiger partial charge in [0.05, 0.1) is 27.9 Å². The Morgan fingerprint density at radius 2 is 1.47 bits per heavy atom. The van der Waals surface area contributed by atoms with E-state index in [0.717, 1.165) is 56.7 Å². The van der Waals surface area contributed by atoms with Crippen molar-refractivity contribution in [3.63, 3.8) is 0 Å². The molecular formula is C36H51ClN2O7S. The minimum atomic E-state index is -3.98. The van der Waals surface area contributed by atoms with Gasteiger partial charge in [0.1, 0.15) is 11.0 Å². The molecule has 0 radical (unpaired) electrons. The van der Waals surface area contributed by atoms with Gasteiger partial charge in [-0.05, 0) is 55.2 Å². The summed E-state index contributed by atoms with van der Waals surface area (Å²) in [5, 5.41) is 14.0. The molecule has 0 saturated carbocycles. The zero-order valence-corrected chi connectivity index (χ0v) is 29.8. The SMILES string of the molecule is CCC(C(=O)Nc1cc(O)c(NC(=O)C=CC(=O)OCC(CCCCCC(C)C)CCCC(C)C)cc1Cl)S(=O)(=O)c1ccccc1. The minimum Gasteiger partial charge on any atom is -0.506 e. The summed E-state index contributed by atoms with van der Waals surface area (Å²) < 4.78 is 31.5. The van der Waals surface area contributed by atoms with Crippen LogP contribution in [-0.2, 0) is 29.0 Å². The van der Waals surface area contributed by atoms with Gasteiger partial charge in [0, 0.05) is 18.2 Å². The first-order valence-corrected chi connectivity index (χ1v) is 18.4. The second-order valence-corrected chi connectivity index (χ2v) is 15.3. The Bertz CT molecular complexity index is 1440. The molecule has 0 aliphatic heterocycles. The molecule has 2 unspecified atom stereocenters. The Hall–Kier alpha value is -3.37. The molecule has 0 heterocycles. The van der Waals surface area contributed by atoms with Crippen molar-refractivity contribution in [2.75, 3.05) is 17.2 Å². The molecule has 0 spiro atoms. The van der Waals surface area contributed by atoms with Gasteiger partial charge in [-0.15, -0.1) is 0 Å². The fraction of sp³-hybridized carbons (Fsp3) is 0.528. The molecule has 47 heavy (non-hydrogen) atoms. The van der Waals surface area contributed by atoms with Crippen LogP contribution in [0.15, 0.2) is 59.5 Å². The van der Waals surface area contributed by atoms with Gasteiger partial charge in [-0.1, -0.05) is 103 Å². The number of esters is 1. The van der Waals surface area contributed by atoms with Crippen molar-refractivity contribution in [1.82, 2.24) is 0 Å². The lowest BCUT2D eigenvalue weighted by Crippen LogP contribution is -2.34. The fourth-order valence-electron chi connectivity index (χ4n) is 5.15. The largest absolute Gasteiger partial charge is 0.506 e. The number of halogens is 1. The molecule has 3 N–H and O–H groups in total. The maximum absolute atomic E-state index is 13.0. The molecule has 2 rings (SSSR count). The number of phenolic OH excluding ortho intramolecular Hbond substituents is 1. The summed E-state index contributed by atoms with van der Waals surface area (Å²) in [5.41, 5.74) is -0.0986. The number of ether oxygens (including phenoxy) is 1. The highest BCUT2D eigenvalue weighted by atomic mass is 35.5. The molecule has 260 valence electrons. The number of sulfone groups is 1. The molecule has 0 bridgehead atoms. The highest BCUT2D eigenvalue weighted by Crippen LogP contribution is 2.34. The number of rotatable bonds is 20. The van der Waals surface area contributed by atoms with E-state index in [1.165, 1.54) is 31.0 Å². The van der Waals surface area contributed by atoms with Crippen LogP contribution >= 0.6 is 11.6 Å².